The summed E-state index contributed by atoms with van der Waals surface area (Å²) in [6.45, 7) is 4.62. The minimum absolute atomic E-state index is 0.0604. The van der Waals surface area contributed by atoms with Crippen LogP contribution in [0.15, 0.2) is 93.3 Å². The number of esters is 1. The molecule has 38 heavy (non-hydrogen) atoms. The molecule has 0 heterocycles. The van der Waals surface area contributed by atoms with Gasteiger partial charge in [0.25, 0.3) is 15.9 Å². The molecule has 0 bridgehead atoms. The van der Waals surface area contributed by atoms with E-state index >= 15 is 0 Å². The highest BCUT2D eigenvalue weighted by Crippen LogP contribution is 2.26. The Morgan fingerprint density at radius 3 is 2.32 bits per heavy atom. The van der Waals surface area contributed by atoms with Crippen molar-refractivity contribution in [1.29, 1.82) is 0 Å². The molecule has 3 rings (SSSR count). The molecule has 0 saturated heterocycles. The first kappa shape index (κ1) is 28.9. The molecule has 1 N–H and O–H groups in total. The quantitative estimate of drug-likeness (QED) is 0.208. The summed E-state index contributed by atoms with van der Waals surface area (Å²) >= 11 is 3.34. The van der Waals surface area contributed by atoms with E-state index < -0.39 is 34.0 Å². The van der Waals surface area contributed by atoms with E-state index in [2.05, 4.69) is 26.5 Å². The van der Waals surface area contributed by atoms with Gasteiger partial charge in [-0.2, -0.15) is 5.10 Å². The fourth-order valence-electron chi connectivity index (χ4n) is 3.17. The van der Waals surface area contributed by atoms with Crippen molar-refractivity contribution in [3.63, 3.8) is 0 Å². The van der Waals surface area contributed by atoms with E-state index in [1.165, 1.54) is 18.3 Å². The third-order valence-electron chi connectivity index (χ3n) is 4.77. The molecule has 1 amide bonds. The number of carbonyl (C=O) groups excluding carboxylic acids is 2. The Bertz CT molecular complexity index is 1390. The molecule has 0 spiro atoms. The highest BCUT2D eigenvalue weighted by atomic mass is 79.9. The molecule has 0 aliphatic carbocycles. The summed E-state index contributed by atoms with van der Waals surface area (Å²) < 4.78 is 38.9. The van der Waals surface area contributed by atoms with Crippen LogP contribution in [-0.4, -0.2) is 45.3 Å². The second kappa shape index (κ2) is 12.7. The maximum Gasteiger partial charge on any atom is 0.344 e. The number of ether oxygens (including phenoxy) is 2. The smallest absolute Gasteiger partial charge is 0.344 e. The summed E-state index contributed by atoms with van der Waals surface area (Å²) in [7, 11) is -4.02. The van der Waals surface area contributed by atoms with Gasteiger partial charge in [-0.25, -0.2) is 18.6 Å². The maximum absolute atomic E-state index is 13.3. The van der Waals surface area contributed by atoms with Crippen LogP contribution in [0.1, 0.15) is 26.3 Å². The van der Waals surface area contributed by atoms with E-state index in [1.54, 1.807) is 87.5 Å². The first-order chi connectivity index (χ1) is 17.9. The summed E-state index contributed by atoms with van der Waals surface area (Å²) in [6.07, 6.45) is 1.41. The number of nitrogens with zero attached hydrogens (tertiary/aromatic N) is 2. The van der Waals surface area contributed by atoms with E-state index in [0.717, 1.165) is 4.31 Å². The van der Waals surface area contributed by atoms with Crippen LogP contribution in [0.5, 0.6) is 5.75 Å². The van der Waals surface area contributed by atoms with Gasteiger partial charge >= 0.3 is 5.97 Å². The standard InChI is InChI=1S/C27H28BrN3O6S/c1-27(2,3)37-26(33)19-36-23-14-12-20(13-15-23)17-29-30-25(32)18-31(22-9-7-8-21(28)16-22)38(34,35)24-10-5-4-6-11-24/h4-17H,18-19H2,1-3H3,(H,30,32)/b29-17-. The van der Waals surface area contributed by atoms with E-state index in [9.17, 15) is 18.0 Å². The molecule has 11 heteroatoms. The topological polar surface area (TPSA) is 114 Å². The first-order valence-electron chi connectivity index (χ1n) is 11.5. The molecule has 200 valence electrons. The molecule has 0 aliphatic heterocycles. The molecule has 0 saturated carbocycles. The van der Waals surface area contributed by atoms with Crippen LogP contribution >= 0.6 is 15.9 Å². The van der Waals surface area contributed by atoms with E-state index in [0.29, 0.717) is 21.5 Å². The van der Waals surface area contributed by atoms with Gasteiger partial charge in [-0.1, -0.05) is 40.2 Å². The zero-order chi connectivity index (χ0) is 27.8. The first-order valence-corrected chi connectivity index (χ1v) is 13.8. The van der Waals surface area contributed by atoms with Gasteiger partial charge in [-0.3, -0.25) is 9.10 Å². The number of rotatable bonds is 10. The Hall–Kier alpha value is -3.70. The number of sulfonamides is 1. The van der Waals surface area contributed by atoms with Crippen molar-refractivity contribution in [2.24, 2.45) is 5.10 Å². The van der Waals surface area contributed by atoms with Gasteiger partial charge in [0.15, 0.2) is 6.61 Å². The van der Waals surface area contributed by atoms with Crippen molar-refractivity contribution >= 4 is 49.7 Å². The Morgan fingerprint density at radius 1 is 1.00 bits per heavy atom. The number of anilines is 1. The number of hydrogen-bond acceptors (Lipinski definition) is 7. The molecule has 0 atom stereocenters. The lowest BCUT2D eigenvalue weighted by molar-refractivity contribution is -0.157. The predicted octanol–water partition coefficient (Wildman–Crippen LogP) is 4.52. The SMILES string of the molecule is CC(C)(C)OC(=O)COc1ccc(/C=N\NC(=O)CN(c2cccc(Br)c2)S(=O)(=O)c2ccccc2)cc1. The average Bonchev–Trinajstić information content (AvgIpc) is 2.86. The fraction of sp³-hybridized carbons (Fsp3) is 0.222. The maximum atomic E-state index is 13.3. The van der Waals surface area contributed by atoms with E-state index in [-0.39, 0.29) is 11.5 Å². The second-order valence-corrected chi connectivity index (χ2v) is 11.8. The highest BCUT2D eigenvalue weighted by Gasteiger charge is 2.27. The number of carbonyl (C=O) groups is 2. The molecule has 0 radical (unpaired) electrons. The van der Waals surface area contributed by atoms with Crippen molar-refractivity contribution in [2.45, 2.75) is 31.3 Å². The molecule has 3 aromatic carbocycles. The largest absolute Gasteiger partial charge is 0.482 e. The number of amides is 1. The molecule has 0 fully saturated rings. The number of halogens is 1. The van der Waals surface area contributed by atoms with Crippen molar-refractivity contribution in [3.8, 4) is 5.75 Å². The minimum Gasteiger partial charge on any atom is -0.482 e. The number of nitrogens with one attached hydrogen (secondary N) is 1. The van der Waals surface area contributed by atoms with Crippen LogP contribution in [0.4, 0.5) is 5.69 Å². The molecular formula is C27H28BrN3O6S. The molecule has 0 unspecified atom stereocenters. The van der Waals surface area contributed by atoms with Gasteiger partial charge in [0.1, 0.15) is 17.9 Å². The minimum atomic E-state index is -4.02. The van der Waals surface area contributed by atoms with Crippen molar-refractivity contribution in [2.75, 3.05) is 17.5 Å². The monoisotopic (exact) mass is 601 g/mol. The van der Waals surface area contributed by atoms with Crippen LogP contribution in [0, 0.1) is 0 Å². The van der Waals surface area contributed by atoms with Crippen LogP contribution in [0.2, 0.25) is 0 Å². The van der Waals surface area contributed by atoms with Crippen molar-refractivity contribution < 1.29 is 27.5 Å². The van der Waals surface area contributed by atoms with E-state index in [1.807, 2.05) is 0 Å². The summed E-state index contributed by atoms with van der Waals surface area (Å²) in [4.78, 5) is 24.5. The average molecular weight is 603 g/mol. The zero-order valence-corrected chi connectivity index (χ0v) is 23.5. The zero-order valence-electron chi connectivity index (χ0n) is 21.1. The summed E-state index contributed by atoms with van der Waals surface area (Å²) in [5, 5.41) is 3.93. The number of hydrogen-bond donors (Lipinski definition) is 1. The third kappa shape index (κ3) is 8.70. The van der Waals surface area contributed by atoms with Gasteiger partial charge in [0.2, 0.25) is 0 Å². The lowest BCUT2D eigenvalue weighted by Gasteiger charge is -2.23. The summed E-state index contributed by atoms with van der Waals surface area (Å²) in [5.74, 6) is -0.636. The van der Waals surface area contributed by atoms with Crippen LogP contribution < -0.4 is 14.5 Å². The Balaban J connectivity index is 1.63. The van der Waals surface area contributed by atoms with Crippen LogP contribution in [0.25, 0.3) is 0 Å². The van der Waals surface area contributed by atoms with Crippen LogP contribution in [-0.2, 0) is 24.3 Å². The van der Waals surface area contributed by atoms with Crippen molar-refractivity contribution in [3.05, 3.63) is 88.9 Å². The predicted molar refractivity (Wildman–Crippen MR) is 149 cm³/mol. The molecule has 0 aliphatic rings. The number of hydrazone groups is 1. The molecular weight excluding hydrogens is 574 g/mol. The molecule has 3 aromatic rings. The number of benzene rings is 3. The van der Waals surface area contributed by atoms with Gasteiger partial charge in [-0.15, -0.1) is 0 Å². The lowest BCUT2D eigenvalue weighted by Crippen LogP contribution is -2.39. The van der Waals surface area contributed by atoms with Crippen molar-refractivity contribution in [1.82, 2.24) is 5.43 Å². The lowest BCUT2D eigenvalue weighted by atomic mass is 10.2. The third-order valence-corrected chi connectivity index (χ3v) is 7.06. The fourth-order valence-corrected chi connectivity index (χ4v) is 4.99. The van der Waals surface area contributed by atoms with Gasteiger partial charge in [0, 0.05) is 4.47 Å². The van der Waals surface area contributed by atoms with Gasteiger partial charge in [0.05, 0.1) is 16.8 Å². The Labute approximate surface area is 230 Å². The second-order valence-electron chi connectivity index (χ2n) is 9.04. The summed E-state index contributed by atoms with van der Waals surface area (Å²) in [5.41, 5.74) is 2.75. The Morgan fingerprint density at radius 2 is 1.68 bits per heavy atom. The van der Waals surface area contributed by atoms with Gasteiger partial charge < -0.3 is 9.47 Å². The normalized spacial score (nSPS) is 11.7. The molecule has 0 aromatic heterocycles. The Kier molecular flexibility index (Phi) is 9.65. The van der Waals surface area contributed by atoms with E-state index in [4.69, 9.17) is 9.47 Å². The molecule has 9 nitrogen and oxygen atoms in total. The highest BCUT2D eigenvalue weighted by molar-refractivity contribution is 9.10. The van der Waals surface area contributed by atoms with Gasteiger partial charge in [-0.05, 0) is 80.9 Å². The van der Waals surface area contributed by atoms with Crippen LogP contribution in [0.3, 0.4) is 0 Å². The summed E-state index contributed by atoms with van der Waals surface area (Å²) in [6, 6.07) is 21.2.